The van der Waals surface area contributed by atoms with Crippen LogP contribution in [0.5, 0.6) is 0 Å². The van der Waals surface area contributed by atoms with Crippen molar-refractivity contribution in [1.82, 2.24) is 9.88 Å². The summed E-state index contributed by atoms with van der Waals surface area (Å²) >= 11 is 0. The highest BCUT2D eigenvalue weighted by molar-refractivity contribution is 5.51. The van der Waals surface area contributed by atoms with E-state index in [1.807, 2.05) is 0 Å². The molecule has 4 aliphatic rings. The number of hydrogen-bond acceptors (Lipinski definition) is 4. The van der Waals surface area contributed by atoms with Crippen LogP contribution in [0.25, 0.3) is 0 Å². The van der Waals surface area contributed by atoms with Gasteiger partial charge in [0.15, 0.2) is 0 Å². The molecule has 0 N–H and O–H groups in total. The van der Waals surface area contributed by atoms with Gasteiger partial charge in [0, 0.05) is 32.2 Å². The van der Waals surface area contributed by atoms with Crippen molar-refractivity contribution in [1.29, 1.82) is 0 Å². The summed E-state index contributed by atoms with van der Waals surface area (Å²) in [6, 6.07) is 5.51. The normalized spacial score (nSPS) is 27.2. The SMILES string of the molecule is CC1CCN(c2ccc(N3CCC4(CC3)CCN(C3CCC3)CC4)nc2)CC1. The summed E-state index contributed by atoms with van der Waals surface area (Å²) in [5.74, 6) is 2.07. The Morgan fingerprint density at radius 1 is 0.821 bits per heavy atom. The molecule has 0 bridgehead atoms. The maximum atomic E-state index is 4.86. The van der Waals surface area contributed by atoms with Gasteiger partial charge in [-0.05, 0) is 87.9 Å². The van der Waals surface area contributed by atoms with Crippen molar-refractivity contribution < 1.29 is 0 Å². The number of nitrogens with zero attached hydrogens (tertiary/aromatic N) is 4. The standard InChI is InChI=1S/C24H38N4/c1-20-7-13-26(14-8-20)22-5-6-23(25-19-22)28-17-11-24(12-18-28)9-15-27(16-10-24)21-3-2-4-21/h5-6,19-21H,2-4,7-18H2,1H3. The lowest BCUT2D eigenvalue weighted by atomic mass is 9.70. The van der Waals surface area contributed by atoms with E-state index in [1.54, 1.807) is 0 Å². The summed E-state index contributed by atoms with van der Waals surface area (Å²) in [5.41, 5.74) is 1.94. The van der Waals surface area contributed by atoms with E-state index in [0.29, 0.717) is 5.41 Å². The van der Waals surface area contributed by atoms with Crippen LogP contribution in [0.4, 0.5) is 11.5 Å². The van der Waals surface area contributed by atoms with Crippen molar-refractivity contribution in [2.24, 2.45) is 11.3 Å². The third-order valence-corrected chi connectivity index (χ3v) is 8.48. The zero-order valence-electron chi connectivity index (χ0n) is 17.8. The maximum absolute atomic E-state index is 4.86. The number of hydrogen-bond donors (Lipinski definition) is 0. The number of anilines is 2. The molecule has 1 aromatic heterocycles. The molecule has 0 radical (unpaired) electrons. The molecule has 0 atom stereocenters. The predicted octanol–water partition coefficient (Wildman–Crippen LogP) is 4.55. The molecule has 4 heterocycles. The third kappa shape index (κ3) is 3.77. The van der Waals surface area contributed by atoms with Gasteiger partial charge in [-0.25, -0.2) is 4.98 Å². The van der Waals surface area contributed by atoms with Crippen LogP contribution in [0.3, 0.4) is 0 Å². The molecule has 3 aliphatic heterocycles. The minimum atomic E-state index is 0.626. The summed E-state index contributed by atoms with van der Waals surface area (Å²) < 4.78 is 0. The molecule has 4 fully saturated rings. The van der Waals surface area contributed by atoms with Crippen molar-refractivity contribution in [3.8, 4) is 0 Å². The average Bonchev–Trinajstić information content (AvgIpc) is 2.70. The fourth-order valence-corrected chi connectivity index (χ4v) is 5.84. The second kappa shape index (κ2) is 7.85. The van der Waals surface area contributed by atoms with Crippen LogP contribution in [0.1, 0.15) is 64.7 Å². The van der Waals surface area contributed by atoms with Crippen molar-refractivity contribution in [2.75, 3.05) is 49.1 Å². The Morgan fingerprint density at radius 2 is 1.50 bits per heavy atom. The minimum Gasteiger partial charge on any atom is -0.370 e. The quantitative estimate of drug-likeness (QED) is 0.765. The van der Waals surface area contributed by atoms with Crippen LogP contribution < -0.4 is 9.80 Å². The van der Waals surface area contributed by atoms with Crippen LogP contribution in [0.2, 0.25) is 0 Å². The van der Waals surface area contributed by atoms with Crippen molar-refractivity contribution in [3.63, 3.8) is 0 Å². The molecule has 0 unspecified atom stereocenters. The Morgan fingerprint density at radius 3 is 2.07 bits per heavy atom. The van der Waals surface area contributed by atoms with Crippen LogP contribution in [0.15, 0.2) is 18.3 Å². The van der Waals surface area contributed by atoms with Gasteiger partial charge in [-0.15, -0.1) is 0 Å². The molecular formula is C24H38N4. The van der Waals surface area contributed by atoms with Crippen molar-refractivity contribution in [3.05, 3.63) is 18.3 Å². The molecule has 1 spiro atoms. The Kier molecular flexibility index (Phi) is 5.25. The fraction of sp³-hybridized carbons (Fsp3) is 0.792. The Labute approximate surface area is 171 Å². The number of aromatic nitrogens is 1. The number of pyridine rings is 1. The summed E-state index contributed by atoms with van der Waals surface area (Å²) in [7, 11) is 0. The van der Waals surface area contributed by atoms with E-state index < -0.39 is 0 Å². The average molecular weight is 383 g/mol. The van der Waals surface area contributed by atoms with E-state index >= 15 is 0 Å². The lowest BCUT2D eigenvalue weighted by Crippen LogP contribution is -2.51. The molecule has 0 amide bonds. The molecule has 28 heavy (non-hydrogen) atoms. The molecule has 1 aliphatic carbocycles. The largest absolute Gasteiger partial charge is 0.370 e. The highest BCUT2D eigenvalue weighted by atomic mass is 15.2. The van der Waals surface area contributed by atoms with E-state index in [9.17, 15) is 0 Å². The smallest absolute Gasteiger partial charge is 0.128 e. The first-order valence-corrected chi connectivity index (χ1v) is 11.9. The van der Waals surface area contributed by atoms with Crippen LogP contribution in [-0.2, 0) is 0 Å². The Bertz CT molecular complexity index is 627. The highest BCUT2D eigenvalue weighted by Gasteiger charge is 2.39. The van der Waals surface area contributed by atoms with E-state index in [1.165, 1.54) is 109 Å². The molecule has 1 aromatic rings. The highest BCUT2D eigenvalue weighted by Crippen LogP contribution is 2.43. The van der Waals surface area contributed by atoms with E-state index in [0.717, 1.165) is 12.0 Å². The van der Waals surface area contributed by atoms with E-state index in [2.05, 4.69) is 40.0 Å². The van der Waals surface area contributed by atoms with Gasteiger partial charge < -0.3 is 14.7 Å². The summed E-state index contributed by atoms with van der Waals surface area (Å²) in [4.78, 5) is 12.7. The second-order valence-electron chi connectivity index (χ2n) is 10.2. The molecule has 3 saturated heterocycles. The molecule has 4 nitrogen and oxygen atoms in total. The lowest BCUT2D eigenvalue weighted by molar-refractivity contribution is 0.0305. The lowest BCUT2D eigenvalue weighted by Gasteiger charge is -2.50. The topological polar surface area (TPSA) is 22.6 Å². The van der Waals surface area contributed by atoms with Crippen molar-refractivity contribution >= 4 is 11.5 Å². The van der Waals surface area contributed by atoms with Crippen molar-refractivity contribution in [2.45, 2.75) is 70.8 Å². The summed E-state index contributed by atoms with van der Waals surface area (Å²) in [6.07, 6.45) is 14.7. The molecule has 4 heteroatoms. The first kappa shape index (κ1) is 18.7. The number of likely N-dealkylation sites (tertiary alicyclic amines) is 1. The zero-order valence-corrected chi connectivity index (χ0v) is 17.8. The van der Waals surface area contributed by atoms with Gasteiger partial charge in [-0.1, -0.05) is 13.3 Å². The number of rotatable bonds is 3. The monoisotopic (exact) mass is 382 g/mol. The van der Waals surface area contributed by atoms with Gasteiger partial charge >= 0.3 is 0 Å². The maximum Gasteiger partial charge on any atom is 0.128 e. The fourth-order valence-electron chi connectivity index (χ4n) is 5.84. The van der Waals surface area contributed by atoms with E-state index in [-0.39, 0.29) is 0 Å². The second-order valence-corrected chi connectivity index (χ2v) is 10.2. The first-order valence-electron chi connectivity index (χ1n) is 11.9. The van der Waals surface area contributed by atoms with Gasteiger partial charge in [0.05, 0.1) is 11.9 Å². The molecular weight excluding hydrogens is 344 g/mol. The number of piperidine rings is 3. The van der Waals surface area contributed by atoms with Gasteiger partial charge in [-0.2, -0.15) is 0 Å². The molecule has 1 saturated carbocycles. The first-order chi connectivity index (χ1) is 13.7. The summed E-state index contributed by atoms with van der Waals surface area (Å²) in [5, 5.41) is 0. The predicted molar refractivity (Wildman–Crippen MR) is 117 cm³/mol. The van der Waals surface area contributed by atoms with Gasteiger partial charge in [-0.3, -0.25) is 0 Å². The zero-order chi connectivity index (χ0) is 19.0. The van der Waals surface area contributed by atoms with E-state index in [4.69, 9.17) is 4.98 Å². The molecule has 0 aromatic carbocycles. The summed E-state index contributed by atoms with van der Waals surface area (Å²) in [6.45, 7) is 9.84. The molecule has 154 valence electrons. The van der Waals surface area contributed by atoms with Crippen LogP contribution in [0, 0.1) is 11.3 Å². The van der Waals surface area contributed by atoms with Gasteiger partial charge in [0.25, 0.3) is 0 Å². The Balaban J connectivity index is 1.14. The van der Waals surface area contributed by atoms with Crippen LogP contribution >= 0.6 is 0 Å². The Hall–Kier alpha value is -1.29. The minimum absolute atomic E-state index is 0.626. The third-order valence-electron chi connectivity index (χ3n) is 8.48. The molecule has 5 rings (SSSR count). The van der Waals surface area contributed by atoms with Crippen LogP contribution in [-0.4, -0.2) is 55.2 Å². The van der Waals surface area contributed by atoms with Gasteiger partial charge in [0.1, 0.15) is 5.82 Å². The van der Waals surface area contributed by atoms with Gasteiger partial charge in [0.2, 0.25) is 0 Å².